The van der Waals surface area contributed by atoms with E-state index in [4.69, 9.17) is 17.0 Å². The number of hydrogen-bond acceptors (Lipinski definition) is 5. The lowest BCUT2D eigenvalue weighted by Gasteiger charge is -2.13. The smallest absolute Gasteiger partial charge is 0.341 e. The maximum Gasteiger partial charge on any atom is 0.341 e. The number of benzene rings is 1. The van der Waals surface area contributed by atoms with Crippen LogP contribution in [0.15, 0.2) is 24.3 Å². The molecular weight excluding hydrogens is 379 g/mol. The molecule has 132 valence electrons. The van der Waals surface area contributed by atoms with Gasteiger partial charge in [-0.2, -0.15) is 11.8 Å². The number of carbonyl (C=O) groups is 1. The van der Waals surface area contributed by atoms with E-state index in [0.717, 1.165) is 23.5 Å². The summed E-state index contributed by atoms with van der Waals surface area (Å²) in [5, 5.41) is 7.15. The molecule has 2 heterocycles. The van der Waals surface area contributed by atoms with E-state index >= 15 is 0 Å². The summed E-state index contributed by atoms with van der Waals surface area (Å²) >= 11 is 8.73. The van der Waals surface area contributed by atoms with Gasteiger partial charge in [-0.05, 0) is 61.1 Å². The van der Waals surface area contributed by atoms with Gasteiger partial charge in [0.2, 0.25) is 0 Å². The van der Waals surface area contributed by atoms with E-state index < -0.39 is 0 Å². The molecule has 0 radical (unpaired) electrons. The summed E-state index contributed by atoms with van der Waals surface area (Å²) in [6, 6.07) is 5.92. The molecule has 0 bridgehead atoms. The number of thiocarbonyl (C=S) groups is 1. The average Bonchev–Trinajstić information content (AvgIpc) is 2.95. The summed E-state index contributed by atoms with van der Waals surface area (Å²) in [5.41, 5.74) is 2.33. The Morgan fingerprint density at radius 3 is 2.80 bits per heavy atom. The molecule has 0 saturated carbocycles. The third-order valence-corrected chi connectivity index (χ3v) is 6.15. The summed E-state index contributed by atoms with van der Waals surface area (Å²) in [7, 11) is 0. The minimum absolute atomic E-state index is 0.308. The molecule has 0 amide bonds. The molecule has 2 aromatic rings. The van der Waals surface area contributed by atoms with E-state index in [0.29, 0.717) is 28.0 Å². The molecule has 3 rings (SSSR count). The van der Waals surface area contributed by atoms with E-state index in [2.05, 4.69) is 10.6 Å². The Morgan fingerprint density at radius 2 is 2.08 bits per heavy atom. The lowest BCUT2D eigenvalue weighted by Crippen LogP contribution is -2.20. The van der Waals surface area contributed by atoms with Crippen molar-refractivity contribution in [1.82, 2.24) is 0 Å². The van der Waals surface area contributed by atoms with Crippen molar-refractivity contribution in [3.63, 3.8) is 0 Å². The van der Waals surface area contributed by atoms with Gasteiger partial charge in [0.05, 0.1) is 12.2 Å². The number of ether oxygens (including phenoxy) is 1. The van der Waals surface area contributed by atoms with E-state index in [1.54, 1.807) is 19.1 Å². The Morgan fingerprint density at radius 1 is 1.32 bits per heavy atom. The third kappa shape index (κ3) is 4.31. The molecule has 0 unspecified atom stereocenters. The number of hydrogen-bond donors (Lipinski definition) is 2. The third-order valence-electron chi connectivity index (χ3n) is 3.63. The average molecular weight is 397 g/mol. The molecule has 1 aliphatic rings. The van der Waals surface area contributed by atoms with Crippen LogP contribution in [0.3, 0.4) is 0 Å². The first-order valence-corrected chi connectivity index (χ1v) is 10.2. The molecule has 0 aliphatic carbocycles. The van der Waals surface area contributed by atoms with Gasteiger partial charge in [-0.3, -0.25) is 0 Å². The molecule has 8 heteroatoms. The van der Waals surface area contributed by atoms with Crippen LogP contribution in [-0.4, -0.2) is 23.4 Å². The summed E-state index contributed by atoms with van der Waals surface area (Å²) in [6.07, 6.45) is 0.852. The topological polar surface area (TPSA) is 50.4 Å². The summed E-state index contributed by atoms with van der Waals surface area (Å²) < 4.78 is 18.2. The number of thioether (sulfide) groups is 1. The fraction of sp³-hybridized carbons (Fsp3) is 0.294. The predicted molar refractivity (Wildman–Crippen MR) is 106 cm³/mol. The number of esters is 1. The molecule has 25 heavy (non-hydrogen) atoms. The monoisotopic (exact) mass is 396 g/mol. The first-order chi connectivity index (χ1) is 12.1. The van der Waals surface area contributed by atoms with Crippen LogP contribution in [0.4, 0.5) is 15.1 Å². The van der Waals surface area contributed by atoms with Crippen LogP contribution in [0.25, 0.3) is 0 Å². The van der Waals surface area contributed by atoms with Gasteiger partial charge >= 0.3 is 5.97 Å². The lowest BCUT2D eigenvalue weighted by atomic mass is 10.1. The lowest BCUT2D eigenvalue weighted by molar-refractivity contribution is 0.0527. The van der Waals surface area contributed by atoms with Crippen molar-refractivity contribution in [2.75, 3.05) is 23.0 Å². The minimum atomic E-state index is -0.320. The van der Waals surface area contributed by atoms with Crippen molar-refractivity contribution in [2.45, 2.75) is 19.1 Å². The van der Waals surface area contributed by atoms with Gasteiger partial charge in [0.15, 0.2) is 5.11 Å². The van der Waals surface area contributed by atoms with Crippen LogP contribution in [0, 0.1) is 5.82 Å². The van der Waals surface area contributed by atoms with Crippen molar-refractivity contribution in [2.24, 2.45) is 0 Å². The Labute approximate surface area is 159 Å². The fourth-order valence-electron chi connectivity index (χ4n) is 2.54. The van der Waals surface area contributed by atoms with Crippen molar-refractivity contribution >= 4 is 57.1 Å². The highest BCUT2D eigenvalue weighted by Gasteiger charge is 2.27. The van der Waals surface area contributed by atoms with E-state index in [9.17, 15) is 9.18 Å². The van der Waals surface area contributed by atoms with Crippen molar-refractivity contribution in [3.05, 3.63) is 46.1 Å². The van der Waals surface area contributed by atoms with Crippen LogP contribution >= 0.6 is 35.3 Å². The molecule has 0 saturated heterocycles. The maximum atomic E-state index is 13.0. The zero-order chi connectivity index (χ0) is 17.8. The van der Waals surface area contributed by atoms with E-state index in [-0.39, 0.29) is 11.8 Å². The standard InChI is InChI=1S/C17H17FN2O2S3/c1-2-22-16(21)14-12-7-8-24-9-13(12)25-15(14)20-17(23)19-11-5-3-10(18)4-6-11/h3-6H,2,7-9H2,1H3,(H2,19,20,23). The van der Waals surface area contributed by atoms with Crippen LogP contribution in [0.1, 0.15) is 27.7 Å². The first-order valence-electron chi connectivity index (χ1n) is 7.81. The zero-order valence-electron chi connectivity index (χ0n) is 13.6. The largest absolute Gasteiger partial charge is 0.462 e. The van der Waals surface area contributed by atoms with Gasteiger partial charge in [-0.1, -0.05) is 0 Å². The Balaban J connectivity index is 1.81. The van der Waals surface area contributed by atoms with E-state index in [1.807, 2.05) is 11.8 Å². The minimum Gasteiger partial charge on any atom is -0.462 e. The summed E-state index contributed by atoms with van der Waals surface area (Å²) in [4.78, 5) is 13.6. The SMILES string of the molecule is CCOC(=O)c1c(NC(=S)Nc2ccc(F)cc2)sc2c1CCSC2. The number of rotatable bonds is 4. The Bertz CT molecular complexity index is 790. The van der Waals surface area contributed by atoms with Crippen LogP contribution < -0.4 is 10.6 Å². The van der Waals surface area contributed by atoms with Gasteiger partial charge < -0.3 is 15.4 Å². The second-order valence-corrected chi connectivity index (χ2v) is 7.94. The van der Waals surface area contributed by atoms with Crippen molar-refractivity contribution in [3.8, 4) is 0 Å². The molecular formula is C17H17FN2O2S3. The molecule has 0 spiro atoms. The Kier molecular flexibility index (Phi) is 5.93. The first kappa shape index (κ1) is 18.2. The number of nitrogens with one attached hydrogen (secondary N) is 2. The molecule has 0 fully saturated rings. The second-order valence-electron chi connectivity index (χ2n) is 5.32. The maximum absolute atomic E-state index is 13.0. The van der Waals surface area contributed by atoms with Gasteiger partial charge in [0.25, 0.3) is 0 Å². The van der Waals surface area contributed by atoms with Crippen LogP contribution in [0.5, 0.6) is 0 Å². The molecule has 1 aromatic heterocycles. The number of thiophene rings is 1. The molecule has 2 N–H and O–H groups in total. The second kappa shape index (κ2) is 8.16. The number of halogens is 1. The van der Waals surface area contributed by atoms with Crippen LogP contribution in [0.2, 0.25) is 0 Å². The van der Waals surface area contributed by atoms with Gasteiger partial charge in [0.1, 0.15) is 10.8 Å². The van der Waals surface area contributed by atoms with Gasteiger partial charge in [-0.25, -0.2) is 9.18 Å². The summed E-state index contributed by atoms with van der Waals surface area (Å²) in [6.45, 7) is 2.12. The van der Waals surface area contributed by atoms with Gasteiger partial charge in [0, 0.05) is 16.3 Å². The summed E-state index contributed by atoms with van der Waals surface area (Å²) in [5.74, 6) is 1.26. The van der Waals surface area contributed by atoms with Crippen LogP contribution in [-0.2, 0) is 16.9 Å². The highest BCUT2D eigenvalue weighted by molar-refractivity contribution is 7.98. The van der Waals surface area contributed by atoms with E-state index in [1.165, 1.54) is 28.3 Å². The van der Waals surface area contributed by atoms with Gasteiger partial charge in [-0.15, -0.1) is 11.3 Å². The zero-order valence-corrected chi connectivity index (χ0v) is 16.0. The van der Waals surface area contributed by atoms with Crippen molar-refractivity contribution < 1.29 is 13.9 Å². The molecule has 0 atom stereocenters. The number of fused-ring (bicyclic) bond motifs is 1. The Hall–Kier alpha value is -1.64. The number of anilines is 2. The number of carbonyl (C=O) groups excluding carboxylic acids is 1. The molecule has 1 aliphatic heterocycles. The molecule has 4 nitrogen and oxygen atoms in total. The predicted octanol–water partition coefficient (Wildman–Crippen LogP) is 4.66. The fourth-order valence-corrected chi connectivity index (χ4v) is 5.20. The van der Waals surface area contributed by atoms with Crippen molar-refractivity contribution in [1.29, 1.82) is 0 Å². The molecule has 1 aromatic carbocycles. The highest BCUT2D eigenvalue weighted by atomic mass is 32.2. The highest BCUT2D eigenvalue weighted by Crippen LogP contribution is 2.39. The normalized spacial score (nSPS) is 13.0. The quantitative estimate of drug-likeness (QED) is 0.579.